The topological polar surface area (TPSA) is 15.3 Å². The van der Waals surface area contributed by atoms with E-state index in [0.717, 1.165) is 17.9 Å². The maximum atomic E-state index is 3.79. The van der Waals surface area contributed by atoms with Crippen molar-refractivity contribution in [2.45, 2.75) is 78.8 Å². The van der Waals surface area contributed by atoms with Gasteiger partial charge in [-0.05, 0) is 31.2 Å². The normalized spacial score (nSPS) is 26.8. The third kappa shape index (κ3) is 5.83. The Balaban J connectivity index is 2.52. The van der Waals surface area contributed by atoms with Gasteiger partial charge in [0.15, 0.2) is 0 Å². The molecular weight excluding hydrogens is 232 g/mol. The van der Waals surface area contributed by atoms with E-state index in [1.807, 2.05) is 0 Å². The van der Waals surface area contributed by atoms with Gasteiger partial charge in [-0.15, -0.1) is 0 Å². The Labute approximate surface area is 121 Å². The second-order valence-electron chi connectivity index (χ2n) is 6.89. The first-order valence-corrected chi connectivity index (χ1v) is 8.55. The van der Waals surface area contributed by atoms with E-state index in [-0.39, 0.29) is 0 Å². The average molecular weight is 268 g/mol. The second kappa shape index (κ2) is 8.97. The van der Waals surface area contributed by atoms with Gasteiger partial charge in [0, 0.05) is 25.2 Å². The molecule has 0 radical (unpaired) electrons. The van der Waals surface area contributed by atoms with Gasteiger partial charge in [-0.25, -0.2) is 0 Å². The van der Waals surface area contributed by atoms with Gasteiger partial charge in [-0.3, -0.25) is 4.90 Å². The van der Waals surface area contributed by atoms with Crippen molar-refractivity contribution in [3.05, 3.63) is 0 Å². The van der Waals surface area contributed by atoms with Crippen LogP contribution in [0.3, 0.4) is 0 Å². The summed E-state index contributed by atoms with van der Waals surface area (Å²) in [5.41, 5.74) is 0. The predicted molar refractivity (Wildman–Crippen MR) is 85.6 cm³/mol. The number of nitrogens with one attached hydrogen (secondary N) is 1. The van der Waals surface area contributed by atoms with Gasteiger partial charge in [-0.2, -0.15) is 0 Å². The lowest BCUT2D eigenvalue weighted by Gasteiger charge is -2.43. The molecule has 1 fully saturated rings. The van der Waals surface area contributed by atoms with Crippen LogP contribution in [0.2, 0.25) is 0 Å². The van der Waals surface area contributed by atoms with E-state index < -0.39 is 0 Å². The molecule has 1 aliphatic rings. The summed E-state index contributed by atoms with van der Waals surface area (Å²) in [4.78, 5) is 2.79. The number of hydrogen-bond donors (Lipinski definition) is 1. The Kier molecular flexibility index (Phi) is 8.01. The Hall–Kier alpha value is -0.0800. The van der Waals surface area contributed by atoms with Crippen LogP contribution < -0.4 is 5.32 Å². The molecule has 0 aromatic heterocycles. The van der Waals surface area contributed by atoms with Crippen molar-refractivity contribution in [3.63, 3.8) is 0 Å². The molecule has 0 amide bonds. The highest BCUT2D eigenvalue weighted by Crippen LogP contribution is 2.21. The molecule has 0 aliphatic carbocycles. The minimum atomic E-state index is 0.710. The van der Waals surface area contributed by atoms with Crippen molar-refractivity contribution in [2.24, 2.45) is 11.8 Å². The zero-order valence-corrected chi connectivity index (χ0v) is 13.9. The maximum absolute atomic E-state index is 3.79. The minimum absolute atomic E-state index is 0.710. The summed E-state index contributed by atoms with van der Waals surface area (Å²) >= 11 is 0. The SMILES string of the molecule is CCCCCN1CC(CC(C)C)NCC1C(C)CC. The Morgan fingerprint density at radius 3 is 2.47 bits per heavy atom. The van der Waals surface area contributed by atoms with Crippen LogP contribution in [0.4, 0.5) is 0 Å². The van der Waals surface area contributed by atoms with E-state index in [0.29, 0.717) is 6.04 Å². The van der Waals surface area contributed by atoms with Crippen molar-refractivity contribution in [1.82, 2.24) is 10.2 Å². The molecule has 0 saturated carbocycles. The van der Waals surface area contributed by atoms with Gasteiger partial charge in [0.05, 0.1) is 0 Å². The lowest BCUT2D eigenvalue weighted by molar-refractivity contribution is 0.0839. The molecule has 0 aromatic carbocycles. The van der Waals surface area contributed by atoms with Crippen LogP contribution in [0.15, 0.2) is 0 Å². The van der Waals surface area contributed by atoms with Crippen LogP contribution in [-0.2, 0) is 0 Å². The average Bonchev–Trinajstić information content (AvgIpc) is 2.38. The standard InChI is InChI=1S/C17H36N2/c1-6-8-9-10-19-13-16(11-14(3)4)18-12-17(19)15(5)7-2/h14-18H,6-13H2,1-5H3. The van der Waals surface area contributed by atoms with Gasteiger partial charge in [0.25, 0.3) is 0 Å². The molecule has 3 unspecified atom stereocenters. The van der Waals surface area contributed by atoms with E-state index >= 15 is 0 Å². The van der Waals surface area contributed by atoms with Crippen LogP contribution in [0.5, 0.6) is 0 Å². The second-order valence-corrected chi connectivity index (χ2v) is 6.89. The summed E-state index contributed by atoms with van der Waals surface area (Å²) in [5.74, 6) is 1.62. The van der Waals surface area contributed by atoms with Gasteiger partial charge < -0.3 is 5.32 Å². The zero-order valence-electron chi connectivity index (χ0n) is 13.9. The summed E-state index contributed by atoms with van der Waals surface area (Å²) in [6.45, 7) is 15.5. The van der Waals surface area contributed by atoms with Gasteiger partial charge in [0.1, 0.15) is 0 Å². The molecule has 0 aromatic rings. The fourth-order valence-electron chi connectivity index (χ4n) is 3.28. The smallest absolute Gasteiger partial charge is 0.0246 e. The lowest BCUT2D eigenvalue weighted by atomic mass is 9.92. The van der Waals surface area contributed by atoms with E-state index in [2.05, 4.69) is 44.8 Å². The molecule has 3 atom stereocenters. The summed E-state index contributed by atoms with van der Waals surface area (Å²) in [6.07, 6.45) is 6.70. The van der Waals surface area contributed by atoms with Crippen LogP contribution in [0.25, 0.3) is 0 Å². The van der Waals surface area contributed by atoms with E-state index in [4.69, 9.17) is 0 Å². The number of hydrogen-bond acceptors (Lipinski definition) is 2. The Bertz CT molecular complexity index is 227. The van der Waals surface area contributed by atoms with Gasteiger partial charge in [0.2, 0.25) is 0 Å². The van der Waals surface area contributed by atoms with Crippen molar-refractivity contribution >= 4 is 0 Å². The summed E-state index contributed by atoms with van der Waals surface area (Å²) in [6, 6.07) is 1.47. The fraction of sp³-hybridized carbons (Fsp3) is 1.00. The molecule has 1 rings (SSSR count). The predicted octanol–water partition coefficient (Wildman–Crippen LogP) is 3.91. The molecular formula is C17H36N2. The molecule has 2 heteroatoms. The van der Waals surface area contributed by atoms with Gasteiger partial charge >= 0.3 is 0 Å². The summed E-state index contributed by atoms with van der Waals surface area (Å²) < 4.78 is 0. The quantitative estimate of drug-likeness (QED) is 0.671. The molecule has 2 nitrogen and oxygen atoms in total. The van der Waals surface area contributed by atoms with Crippen LogP contribution >= 0.6 is 0 Å². The van der Waals surface area contributed by atoms with E-state index in [1.165, 1.54) is 51.7 Å². The molecule has 1 aliphatic heterocycles. The third-order valence-electron chi connectivity index (χ3n) is 4.65. The van der Waals surface area contributed by atoms with Crippen molar-refractivity contribution in [1.29, 1.82) is 0 Å². The van der Waals surface area contributed by atoms with E-state index in [9.17, 15) is 0 Å². The largest absolute Gasteiger partial charge is 0.311 e. The molecule has 1 N–H and O–H groups in total. The van der Waals surface area contributed by atoms with Gasteiger partial charge in [-0.1, -0.05) is 53.9 Å². The first-order valence-electron chi connectivity index (χ1n) is 8.55. The van der Waals surface area contributed by atoms with E-state index in [1.54, 1.807) is 0 Å². The molecule has 0 bridgehead atoms. The van der Waals surface area contributed by atoms with Crippen molar-refractivity contribution in [2.75, 3.05) is 19.6 Å². The lowest BCUT2D eigenvalue weighted by Crippen LogP contribution is -2.58. The Morgan fingerprint density at radius 1 is 1.16 bits per heavy atom. The highest BCUT2D eigenvalue weighted by molar-refractivity contribution is 4.88. The minimum Gasteiger partial charge on any atom is -0.311 e. The number of nitrogens with zero attached hydrogens (tertiary/aromatic N) is 1. The summed E-state index contributed by atoms with van der Waals surface area (Å²) in [5, 5.41) is 3.79. The zero-order chi connectivity index (χ0) is 14.3. The highest BCUT2D eigenvalue weighted by atomic mass is 15.2. The first-order chi connectivity index (χ1) is 9.08. The summed E-state index contributed by atoms with van der Waals surface area (Å²) in [7, 11) is 0. The number of unbranched alkanes of at least 4 members (excludes halogenated alkanes) is 2. The number of rotatable bonds is 8. The molecule has 114 valence electrons. The molecule has 1 saturated heterocycles. The number of piperazine rings is 1. The first kappa shape index (κ1) is 17.0. The third-order valence-corrected chi connectivity index (χ3v) is 4.65. The maximum Gasteiger partial charge on any atom is 0.0246 e. The monoisotopic (exact) mass is 268 g/mol. The van der Waals surface area contributed by atoms with Crippen LogP contribution in [-0.4, -0.2) is 36.6 Å². The van der Waals surface area contributed by atoms with Crippen molar-refractivity contribution < 1.29 is 0 Å². The van der Waals surface area contributed by atoms with Crippen LogP contribution in [0, 0.1) is 11.8 Å². The Morgan fingerprint density at radius 2 is 1.89 bits per heavy atom. The van der Waals surface area contributed by atoms with Crippen LogP contribution in [0.1, 0.15) is 66.7 Å². The molecule has 19 heavy (non-hydrogen) atoms. The fourth-order valence-corrected chi connectivity index (χ4v) is 3.28. The highest BCUT2D eigenvalue weighted by Gasteiger charge is 2.30. The van der Waals surface area contributed by atoms with Crippen molar-refractivity contribution in [3.8, 4) is 0 Å². The molecule has 1 heterocycles. The molecule has 0 spiro atoms.